The minimum Gasteiger partial charge on any atom is -0.508 e. The molecule has 0 atom stereocenters. The zero-order chi connectivity index (χ0) is 14.7. The highest BCUT2D eigenvalue weighted by molar-refractivity contribution is 9.10. The van der Waals surface area contributed by atoms with Crippen LogP contribution in [0.5, 0.6) is 5.75 Å². The van der Waals surface area contributed by atoms with Gasteiger partial charge in [0.15, 0.2) is 0 Å². The van der Waals surface area contributed by atoms with Crippen molar-refractivity contribution in [1.29, 1.82) is 0 Å². The molecule has 0 amide bonds. The Bertz CT molecular complexity index is 595. The number of aromatic hydroxyl groups is 1. The summed E-state index contributed by atoms with van der Waals surface area (Å²) in [6, 6.07) is 16.0. The van der Waals surface area contributed by atoms with Crippen LogP contribution in [0.1, 0.15) is 5.56 Å². The highest BCUT2D eigenvalue weighted by Gasteiger charge is 2.18. The number of hydrogen-bond donors (Lipinski definition) is 1. The van der Waals surface area contributed by atoms with Crippen LogP contribution in [0.4, 0.5) is 5.69 Å². The SMILES string of the molecule is Oc1ccc(Br)c(CN2CCN(c3ccccc3)CC2)c1. The fourth-order valence-corrected chi connectivity index (χ4v) is 3.10. The zero-order valence-electron chi connectivity index (χ0n) is 11.9. The summed E-state index contributed by atoms with van der Waals surface area (Å²) in [6.45, 7) is 5.03. The van der Waals surface area contributed by atoms with Crippen molar-refractivity contribution in [3.63, 3.8) is 0 Å². The summed E-state index contributed by atoms with van der Waals surface area (Å²) in [5.74, 6) is 0.330. The van der Waals surface area contributed by atoms with Gasteiger partial charge in [-0.15, -0.1) is 0 Å². The highest BCUT2D eigenvalue weighted by Crippen LogP contribution is 2.24. The Balaban J connectivity index is 1.60. The molecule has 110 valence electrons. The van der Waals surface area contributed by atoms with E-state index in [0.717, 1.165) is 42.8 Å². The van der Waals surface area contributed by atoms with E-state index < -0.39 is 0 Å². The number of rotatable bonds is 3. The molecule has 0 radical (unpaired) electrons. The molecule has 0 bridgehead atoms. The largest absolute Gasteiger partial charge is 0.508 e. The van der Waals surface area contributed by atoms with Crippen molar-refractivity contribution in [2.24, 2.45) is 0 Å². The first-order valence-corrected chi connectivity index (χ1v) is 8.01. The Labute approximate surface area is 133 Å². The third kappa shape index (κ3) is 3.57. The first kappa shape index (κ1) is 14.4. The van der Waals surface area contributed by atoms with E-state index in [0.29, 0.717) is 5.75 Å². The van der Waals surface area contributed by atoms with E-state index in [9.17, 15) is 5.11 Å². The molecule has 1 heterocycles. The number of piperazine rings is 1. The Morgan fingerprint density at radius 1 is 0.952 bits per heavy atom. The molecule has 21 heavy (non-hydrogen) atoms. The predicted molar refractivity (Wildman–Crippen MR) is 89.7 cm³/mol. The van der Waals surface area contributed by atoms with E-state index in [-0.39, 0.29) is 0 Å². The average molecular weight is 347 g/mol. The standard InChI is InChI=1S/C17H19BrN2O/c18-17-7-6-16(21)12-14(17)13-19-8-10-20(11-9-19)15-4-2-1-3-5-15/h1-7,12,21H,8-11,13H2. The summed E-state index contributed by atoms with van der Waals surface area (Å²) < 4.78 is 1.06. The zero-order valence-corrected chi connectivity index (χ0v) is 13.5. The monoisotopic (exact) mass is 346 g/mol. The molecule has 1 fully saturated rings. The van der Waals surface area contributed by atoms with E-state index in [1.54, 1.807) is 6.07 Å². The molecule has 1 aliphatic heterocycles. The van der Waals surface area contributed by atoms with Gasteiger partial charge in [-0.25, -0.2) is 0 Å². The molecule has 0 saturated carbocycles. The van der Waals surface area contributed by atoms with Crippen LogP contribution in [0.25, 0.3) is 0 Å². The molecule has 0 unspecified atom stereocenters. The topological polar surface area (TPSA) is 26.7 Å². The summed E-state index contributed by atoms with van der Waals surface area (Å²) in [5, 5.41) is 9.61. The number of phenolic OH excluding ortho intramolecular Hbond substituents is 1. The first-order valence-electron chi connectivity index (χ1n) is 7.22. The van der Waals surface area contributed by atoms with Gasteiger partial charge in [0.25, 0.3) is 0 Å². The minimum absolute atomic E-state index is 0.330. The second kappa shape index (κ2) is 6.50. The first-order chi connectivity index (χ1) is 10.2. The lowest BCUT2D eigenvalue weighted by Crippen LogP contribution is -2.46. The summed E-state index contributed by atoms with van der Waals surface area (Å²) in [4.78, 5) is 4.85. The number of para-hydroxylation sites is 1. The van der Waals surface area contributed by atoms with Crippen molar-refractivity contribution in [3.05, 3.63) is 58.6 Å². The molecular formula is C17H19BrN2O. The Morgan fingerprint density at radius 2 is 1.67 bits per heavy atom. The van der Waals surface area contributed by atoms with Gasteiger partial charge in [0.1, 0.15) is 5.75 Å². The van der Waals surface area contributed by atoms with Crippen LogP contribution in [0.2, 0.25) is 0 Å². The third-order valence-electron chi connectivity index (χ3n) is 3.92. The average Bonchev–Trinajstić information content (AvgIpc) is 2.53. The van der Waals surface area contributed by atoms with Crippen molar-refractivity contribution in [2.45, 2.75) is 6.54 Å². The van der Waals surface area contributed by atoms with Crippen LogP contribution in [0, 0.1) is 0 Å². The number of phenols is 1. The van der Waals surface area contributed by atoms with Crippen molar-refractivity contribution < 1.29 is 5.11 Å². The quantitative estimate of drug-likeness (QED) is 0.921. The summed E-state index contributed by atoms with van der Waals surface area (Å²) in [7, 11) is 0. The molecule has 3 rings (SSSR count). The van der Waals surface area contributed by atoms with Crippen molar-refractivity contribution in [1.82, 2.24) is 4.90 Å². The molecule has 1 saturated heterocycles. The molecule has 0 aromatic heterocycles. The van der Waals surface area contributed by atoms with Gasteiger partial charge >= 0.3 is 0 Å². The van der Waals surface area contributed by atoms with Crippen LogP contribution >= 0.6 is 15.9 Å². The Morgan fingerprint density at radius 3 is 2.38 bits per heavy atom. The van der Waals surface area contributed by atoms with E-state index in [1.807, 2.05) is 12.1 Å². The number of hydrogen-bond acceptors (Lipinski definition) is 3. The molecular weight excluding hydrogens is 328 g/mol. The second-order valence-electron chi connectivity index (χ2n) is 5.37. The summed E-state index contributed by atoms with van der Waals surface area (Å²) in [5.41, 5.74) is 2.44. The lowest BCUT2D eigenvalue weighted by molar-refractivity contribution is 0.249. The smallest absolute Gasteiger partial charge is 0.115 e. The van der Waals surface area contributed by atoms with E-state index in [1.165, 1.54) is 5.69 Å². The number of halogens is 1. The van der Waals surface area contributed by atoms with Crippen molar-refractivity contribution >= 4 is 21.6 Å². The van der Waals surface area contributed by atoms with Crippen LogP contribution < -0.4 is 4.90 Å². The second-order valence-corrected chi connectivity index (χ2v) is 6.23. The molecule has 3 nitrogen and oxygen atoms in total. The lowest BCUT2D eigenvalue weighted by Gasteiger charge is -2.36. The Kier molecular flexibility index (Phi) is 4.46. The maximum Gasteiger partial charge on any atom is 0.115 e. The van der Waals surface area contributed by atoms with Gasteiger partial charge in [0.2, 0.25) is 0 Å². The fraction of sp³-hybridized carbons (Fsp3) is 0.294. The Hall–Kier alpha value is -1.52. The highest BCUT2D eigenvalue weighted by atomic mass is 79.9. The van der Waals surface area contributed by atoms with E-state index in [4.69, 9.17) is 0 Å². The fourth-order valence-electron chi connectivity index (χ4n) is 2.73. The molecule has 1 N–H and O–H groups in total. The molecule has 0 aliphatic carbocycles. The molecule has 4 heteroatoms. The van der Waals surface area contributed by atoms with Crippen LogP contribution in [-0.2, 0) is 6.54 Å². The number of anilines is 1. The van der Waals surface area contributed by atoms with Gasteiger partial charge in [-0.1, -0.05) is 34.1 Å². The predicted octanol–water partition coefficient (Wildman–Crippen LogP) is 3.48. The van der Waals surface area contributed by atoms with E-state index in [2.05, 4.69) is 56.1 Å². The maximum absolute atomic E-state index is 9.61. The van der Waals surface area contributed by atoms with Gasteiger partial charge < -0.3 is 10.0 Å². The van der Waals surface area contributed by atoms with E-state index >= 15 is 0 Å². The van der Waals surface area contributed by atoms with Crippen LogP contribution in [0.3, 0.4) is 0 Å². The molecule has 1 aliphatic rings. The molecule has 0 spiro atoms. The van der Waals surface area contributed by atoms with Gasteiger partial charge in [-0.2, -0.15) is 0 Å². The third-order valence-corrected chi connectivity index (χ3v) is 4.69. The van der Waals surface area contributed by atoms with Crippen molar-refractivity contribution in [2.75, 3.05) is 31.1 Å². The van der Waals surface area contributed by atoms with Gasteiger partial charge in [-0.3, -0.25) is 4.90 Å². The minimum atomic E-state index is 0.330. The normalized spacial score (nSPS) is 16.1. The van der Waals surface area contributed by atoms with Crippen molar-refractivity contribution in [3.8, 4) is 5.75 Å². The van der Waals surface area contributed by atoms with Gasteiger partial charge in [0, 0.05) is 42.9 Å². The van der Waals surface area contributed by atoms with Gasteiger partial charge in [0.05, 0.1) is 0 Å². The lowest BCUT2D eigenvalue weighted by atomic mass is 10.2. The molecule has 2 aromatic rings. The number of nitrogens with zero attached hydrogens (tertiary/aromatic N) is 2. The van der Waals surface area contributed by atoms with Crippen LogP contribution in [0.15, 0.2) is 53.0 Å². The summed E-state index contributed by atoms with van der Waals surface area (Å²) in [6.07, 6.45) is 0. The van der Waals surface area contributed by atoms with Gasteiger partial charge in [-0.05, 0) is 35.9 Å². The van der Waals surface area contributed by atoms with Crippen LogP contribution in [-0.4, -0.2) is 36.2 Å². The maximum atomic E-state index is 9.61. The molecule has 2 aromatic carbocycles. The summed E-state index contributed by atoms with van der Waals surface area (Å²) >= 11 is 3.56. The number of benzene rings is 2.